The number of fused-ring (bicyclic) bond motifs is 1. The Labute approximate surface area is 104 Å². The molecule has 1 aromatic rings. The summed E-state index contributed by atoms with van der Waals surface area (Å²) in [7, 11) is 0. The minimum atomic E-state index is -0.857. The van der Waals surface area contributed by atoms with Gasteiger partial charge in [-0.3, -0.25) is 4.79 Å². The lowest BCUT2D eigenvalue weighted by atomic mass is 10.2. The van der Waals surface area contributed by atoms with Crippen LogP contribution in [0.5, 0.6) is 11.5 Å². The second kappa shape index (κ2) is 4.49. The Morgan fingerprint density at radius 3 is 2.59 bits per heavy atom. The summed E-state index contributed by atoms with van der Waals surface area (Å²) in [6.07, 6.45) is 0. The summed E-state index contributed by atoms with van der Waals surface area (Å²) in [6, 6.07) is 5.49. The molecule has 1 aromatic carbocycles. The van der Waals surface area contributed by atoms with Gasteiger partial charge in [-0.1, -0.05) is 0 Å². The summed E-state index contributed by atoms with van der Waals surface area (Å²) in [5.74, 6) is 0.563. The predicted molar refractivity (Wildman–Crippen MR) is 65.0 cm³/mol. The Morgan fingerprint density at radius 2 is 1.94 bits per heavy atom. The van der Waals surface area contributed by atoms with Gasteiger partial charge < -0.3 is 14.6 Å². The number of benzene rings is 1. The molecule has 0 unspecified atom stereocenters. The monoisotopic (exact) mass is 254 g/mol. The van der Waals surface area contributed by atoms with E-state index in [4.69, 9.17) is 14.6 Å². The molecule has 0 atom stereocenters. The molecule has 2 rings (SSSR count). The lowest BCUT2D eigenvalue weighted by molar-refractivity contribution is -0.138. The summed E-state index contributed by atoms with van der Waals surface area (Å²) < 4.78 is 10.0. The van der Waals surface area contributed by atoms with E-state index < -0.39 is 10.7 Å². The van der Waals surface area contributed by atoms with Crippen LogP contribution in [0.3, 0.4) is 0 Å². The number of ether oxygens (including phenoxy) is 2. The molecule has 0 radical (unpaired) electrons. The number of aliphatic carboxylic acids is 1. The molecule has 17 heavy (non-hydrogen) atoms. The Kier molecular flexibility index (Phi) is 3.19. The molecular formula is C12H14O4S. The highest BCUT2D eigenvalue weighted by atomic mass is 32.2. The van der Waals surface area contributed by atoms with Crippen LogP contribution in [-0.2, 0) is 4.79 Å². The first kappa shape index (κ1) is 12.1. The third-order valence-electron chi connectivity index (χ3n) is 2.40. The van der Waals surface area contributed by atoms with E-state index in [0.717, 1.165) is 4.90 Å². The van der Waals surface area contributed by atoms with Crippen molar-refractivity contribution < 1.29 is 19.4 Å². The number of rotatable bonds is 3. The van der Waals surface area contributed by atoms with Gasteiger partial charge >= 0.3 is 5.97 Å². The highest BCUT2D eigenvalue weighted by molar-refractivity contribution is 8.01. The third-order valence-corrected chi connectivity index (χ3v) is 3.58. The Hall–Kier alpha value is -1.36. The number of hydrogen-bond donors (Lipinski definition) is 1. The molecule has 0 spiro atoms. The second-order valence-electron chi connectivity index (χ2n) is 4.22. The van der Waals surface area contributed by atoms with Crippen LogP contribution in [0.15, 0.2) is 23.1 Å². The first-order valence-corrected chi connectivity index (χ1v) is 6.13. The minimum Gasteiger partial charge on any atom is -0.486 e. The van der Waals surface area contributed by atoms with Crippen molar-refractivity contribution in [2.75, 3.05) is 13.2 Å². The van der Waals surface area contributed by atoms with Gasteiger partial charge in [0.2, 0.25) is 0 Å². The molecule has 0 aliphatic carbocycles. The van der Waals surface area contributed by atoms with Crippen molar-refractivity contribution in [3.63, 3.8) is 0 Å². The summed E-state index contributed by atoms with van der Waals surface area (Å²) >= 11 is 1.29. The summed E-state index contributed by atoms with van der Waals surface area (Å²) in [5.41, 5.74) is 0. The zero-order valence-electron chi connectivity index (χ0n) is 9.73. The smallest absolute Gasteiger partial charge is 0.319 e. The van der Waals surface area contributed by atoms with Gasteiger partial charge in [0, 0.05) is 4.90 Å². The number of thioether (sulfide) groups is 1. The molecule has 0 aromatic heterocycles. The SMILES string of the molecule is CC(C)(Sc1ccc2c(c1)OCCO2)C(=O)O. The second-order valence-corrected chi connectivity index (χ2v) is 5.92. The van der Waals surface area contributed by atoms with Gasteiger partial charge in [0.05, 0.1) is 0 Å². The summed E-state index contributed by atoms with van der Waals surface area (Å²) in [4.78, 5) is 11.9. The maximum atomic E-state index is 11.0. The normalized spacial score (nSPS) is 14.5. The average Bonchev–Trinajstić information content (AvgIpc) is 2.28. The van der Waals surface area contributed by atoms with Crippen molar-refractivity contribution in [3.05, 3.63) is 18.2 Å². The fraction of sp³-hybridized carbons (Fsp3) is 0.417. The van der Waals surface area contributed by atoms with Gasteiger partial charge in [0.1, 0.15) is 18.0 Å². The standard InChI is InChI=1S/C12H14O4S/c1-12(2,11(13)14)17-8-3-4-9-10(7-8)16-6-5-15-9/h3-4,7H,5-6H2,1-2H3,(H,13,14). The Balaban J connectivity index is 2.20. The van der Waals surface area contributed by atoms with E-state index in [1.54, 1.807) is 13.8 Å². The van der Waals surface area contributed by atoms with Crippen LogP contribution in [-0.4, -0.2) is 29.0 Å². The van der Waals surface area contributed by atoms with E-state index in [9.17, 15) is 4.79 Å². The zero-order valence-corrected chi connectivity index (χ0v) is 10.5. The summed E-state index contributed by atoms with van der Waals surface area (Å²) in [5, 5.41) is 9.06. The molecule has 0 fully saturated rings. The van der Waals surface area contributed by atoms with Crippen LogP contribution in [0.1, 0.15) is 13.8 Å². The van der Waals surface area contributed by atoms with Crippen LogP contribution in [0.4, 0.5) is 0 Å². The quantitative estimate of drug-likeness (QED) is 0.839. The Bertz CT molecular complexity index is 442. The van der Waals surface area contributed by atoms with Gasteiger partial charge in [-0.25, -0.2) is 0 Å². The Morgan fingerprint density at radius 1 is 1.29 bits per heavy atom. The van der Waals surface area contributed by atoms with Gasteiger partial charge in [-0.05, 0) is 32.0 Å². The van der Waals surface area contributed by atoms with Gasteiger partial charge in [0.25, 0.3) is 0 Å². The van der Waals surface area contributed by atoms with Crippen molar-refractivity contribution >= 4 is 17.7 Å². The molecule has 1 heterocycles. The number of hydrogen-bond acceptors (Lipinski definition) is 4. The van der Waals surface area contributed by atoms with E-state index in [1.807, 2.05) is 18.2 Å². The molecule has 5 heteroatoms. The van der Waals surface area contributed by atoms with Crippen LogP contribution in [0.25, 0.3) is 0 Å². The summed E-state index contributed by atoms with van der Waals surface area (Å²) in [6.45, 7) is 4.44. The van der Waals surface area contributed by atoms with Crippen LogP contribution >= 0.6 is 11.8 Å². The van der Waals surface area contributed by atoms with Gasteiger partial charge in [-0.2, -0.15) is 0 Å². The van der Waals surface area contributed by atoms with E-state index >= 15 is 0 Å². The van der Waals surface area contributed by atoms with Crippen LogP contribution < -0.4 is 9.47 Å². The van der Waals surface area contributed by atoms with Crippen molar-refractivity contribution in [2.24, 2.45) is 0 Å². The molecule has 0 saturated heterocycles. The molecule has 1 aliphatic rings. The van der Waals surface area contributed by atoms with Crippen molar-refractivity contribution in [1.29, 1.82) is 0 Å². The molecule has 92 valence electrons. The molecule has 4 nitrogen and oxygen atoms in total. The van der Waals surface area contributed by atoms with Crippen LogP contribution in [0.2, 0.25) is 0 Å². The van der Waals surface area contributed by atoms with Gasteiger partial charge in [0.15, 0.2) is 11.5 Å². The highest BCUT2D eigenvalue weighted by Crippen LogP contribution is 2.38. The van der Waals surface area contributed by atoms with Crippen LogP contribution in [0, 0.1) is 0 Å². The van der Waals surface area contributed by atoms with Crippen molar-refractivity contribution in [1.82, 2.24) is 0 Å². The maximum absolute atomic E-state index is 11.0. The zero-order chi connectivity index (χ0) is 12.5. The minimum absolute atomic E-state index is 0.531. The highest BCUT2D eigenvalue weighted by Gasteiger charge is 2.29. The fourth-order valence-corrected chi connectivity index (χ4v) is 2.40. The largest absolute Gasteiger partial charge is 0.486 e. The first-order chi connectivity index (χ1) is 7.99. The maximum Gasteiger partial charge on any atom is 0.319 e. The number of carboxylic acids is 1. The number of carbonyl (C=O) groups is 1. The lowest BCUT2D eigenvalue weighted by Gasteiger charge is -2.21. The van der Waals surface area contributed by atoms with E-state index in [1.165, 1.54) is 11.8 Å². The topological polar surface area (TPSA) is 55.8 Å². The molecule has 0 amide bonds. The van der Waals surface area contributed by atoms with E-state index in [2.05, 4.69) is 0 Å². The molecular weight excluding hydrogens is 240 g/mol. The van der Waals surface area contributed by atoms with E-state index in [0.29, 0.717) is 24.7 Å². The molecule has 0 saturated carbocycles. The van der Waals surface area contributed by atoms with Gasteiger partial charge in [-0.15, -0.1) is 11.8 Å². The fourth-order valence-electron chi connectivity index (χ4n) is 1.43. The third kappa shape index (κ3) is 2.66. The lowest BCUT2D eigenvalue weighted by Crippen LogP contribution is -2.26. The van der Waals surface area contributed by atoms with Crippen molar-refractivity contribution in [2.45, 2.75) is 23.5 Å². The molecule has 1 N–H and O–H groups in total. The molecule has 0 bridgehead atoms. The van der Waals surface area contributed by atoms with E-state index in [-0.39, 0.29) is 0 Å². The van der Waals surface area contributed by atoms with Crippen molar-refractivity contribution in [3.8, 4) is 11.5 Å². The number of carboxylic acid groups (broad SMARTS) is 1. The first-order valence-electron chi connectivity index (χ1n) is 5.31. The molecule has 1 aliphatic heterocycles. The predicted octanol–water partition coefficient (Wildman–Crippen LogP) is 2.41. The average molecular weight is 254 g/mol.